The number of carboxylic acid groups (broad SMARTS) is 1. The van der Waals surface area contributed by atoms with E-state index in [1.807, 2.05) is 44.2 Å². The van der Waals surface area contributed by atoms with Gasteiger partial charge in [-0.05, 0) is 49.5 Å². The molecule has 5 unspecified atom stereocenters. The Morgan fingerprint density at radius 3 is 2.31 bits per heavy atom. The fourth-order valence-electron chi connectivity index (χ4n) is 4.37. The molecule has 5 atom stereocenters. The van der Waals surface area contributed by atoms with Crippen LogP contribution in [-0.4, -0.2) is 65.5 Å². The summed E-state index contributed by atoms with van der Waals surface area (Å²) in [6.07, 6.45) is 2.89. The van der Waals surface area contributed by atoms with Gasteiger partial charge in [-0.15, -0.1) is 0 Å². The van der Waals surface area contributed by atoms with Crippen molar-refractivity contribution in [1.29, 1.82) is 0 Å². The molecule has 39 heavy (non-hydrogen) atoms. The first-order valence-electron chi connectivity index (χ1n) is 13.8. The Hall–Kier alpha value is -3.63. The number of aliphatic carboxylic acids is 1. The Morgan fingerprint density at radius 2 is 1.69 bits per heavy atom. The van der Waals surface area contributed by atoms with Crippen LogP contribution >= 0.6 is 0 Å². The monoisotopic (exact) mass is 545 g/mol. The van der Waals surface area contributed by atoms with Crippen molar-refractivity contribution < 1.29 is 29.1 Å². The molecule has 0 radical (unpaired) electrons. The lowest BCUT2D eigenvalue weighted by atomic mass is 9.96. The SMILES string of the molecule is CCC(C)C1NC(=O)C(NC(=O)NC(C(=O)O)C(C)C)CCCCNC(=O)C(CCc2ccccc2)NC1=O. The van der Waals surface area contributed by atoms with Gasteiger partial charge in [-0.3, -0.25) is 14.4 Å². The Labute approximate surface area is 230 Å². The number of hydrogen-bond acceptors (Lipinski definition) is 5. The summed E-state index contributed by atoms with van der Waals surface area (Å²) in [5.74, 6) is -3.08. The molecule has 1 aromatic rings. The van der Waals surface area contributed by atoms with Crippen LogP contribution in [0.25, 0.3) is 0 Å². The molecule has 5 amide bonds. The molecular formula is C28H43N5O6. The lowest BCUT2D eigenvalue weighted by Gasteiger charge is -2.28. The predicted molar refractivity (Wildman–Crippen MR) is 147 cm³/mol. The molecule has 0 aromatic heterocycles. The number of carbonyl (C=O) groups excluding carboxylic acids is 4. The smallest absolute Gasteiger partial charge is 0.326 e. The van der Waals surface area contributed by atoms with Gasteiger partial charge in [0.05, 0.1) is 0 Å². The number of urea groups is 1. The minimum atomic E-state index is -1.18. The largest absolute Gasteiger partial charge is 0.480 e. The highest BCUT2D eigenvalue weighted by Gasteiger charge is 2.33. The zero-order chi connectivity index (χ0) is 28.9. The summed E-state index contributed by atoms with van der Waals surface area (Å²) in [7, 11) is 0. The van der Waals surface area contributed by atoms with Crippen molar-refractivity contribution in [2.45, 2.75) is 90.4 Å². The molecule has 0 spiro atoms. The molecule has 0 saturated carbocycles. The Kier molecular flexibility index (Phi) is 12.7. The summed E-state index contributed by atoms with van der Waals surface area (Å²) in [4.78, 5) is 63.8. The Morgan fingerprint density at radius 1 is 1.00 bits per heavy atom. The summed E-state index contributed by atoms with van der Waals surface area (Å²) in [5.41, 5.74) is 1.05. The van der Waals surface area contributed by atoms with Crippen LogP contribution < -0.4 is 26.6 Å². The van der Waals surface area contributed by atoms with E-state index in [2.05, 4.69) is 26.6 Å². The van der Waals surface area contributed by atoms with Crippen molar-refractivity contribution in [3.63, 3.8) is 0 Å². The van der Waals surface area contributed by atoms with Crippen LogP contribution in [0.5, 0.6) is 0 Å². The van der Waals surface area contributed by atoms with Gasteiger partial charge in [-0.2, -0.15) is 0 Å². The summed E-state index contributed by atoms with van der Waals surface area (Å²) in [5, 5.41) is 22.9. The highest BCUT2D eigenvalue weighted by molar-refractivity contribution is 5.94. The van der Waals surface area contributed by atoms with Gasteiger partial charge >= 0.3 is 12.0 Å². The van der Waals surface area contributed by atoms with E-state index in [-0.39, 0.29) is 24.2 Å². The molecule has 2 rings (SSSR count). The van der Waals surface area contributed by atoms with Crippen LogP contribution in [0.3, 0.4) is 0 Å². The van der Waals surface area contributed by atoms with Crippen LogP contribution in [0.1, 0.15) is 65.4 Å². The molecule has 0 aliphatic carbocycles. The first kappa shape index (κ1) is 31.6. The van der Waals surface area contributed by atoms with E-state index in [4.69, 9.17) is 0 Å². The third-order valence-corrected chi connectivity index (χ3v) is 7.05. The van der Waals surface area contributed by atoms with Gasteiger partial charge in [0.2, 0.25) is 17.7 Å². The number of aryl methyl sites for hydroxylation is 1. The predicted octanol–water partition coefficient (Wildman–Crippen LogP) is 1.71. The van der Waals surface area contributed by atoms with E-state index in [0.29, 0.717) is 38.6 Å². The van der Waals surface area contributed by atoms with Crippen molar-refractivity contribution in [2.24, 2.45) is 11.8 Å². The molecule has 0 bridgehead atoms. The van der Waals surface area contributed by atoms with Crippen LogP contribution in [0.4, 0.5) is 4.79 Å². The first-order chi connectivity index (χ1) is 18.5. The average molecular weight is 546 g/mol. The minimum Gasteiger partial charge on any atom is -0.480 e. The van der Waals surface area contributed by atoms with Crippen molar-refractivity contribution in [3.05, 3.63) is 35.9 Å². The topological polar surface area (TPSA) is 166 Å². The summed E-state index contributed by atoms with van der Waals surface area (Å²) in [6.45, 7) is 7.41. The normalized spacial score (nSPS) is 22.6. The molecule has 11 heteroatoms. The number of nitrogens with one attached hydrogen (secondary N) is 5. The zero-order valence-corrected chi connectivity index (χ0v) is 23.3. The van der Waals surface area contributed by atoms with Crippen molar-refractivity contribution >= 4 is 29.7 Å². The van der Waals surface area contributed by atoms with E-state index in [0.717, 1.165) is 5.56 Å². The zero-order valence-electron chi connectivity index (χ0n) is 23.3. The van der Waals surface area contributed by atoms with Gasteiger partial charge in [-0.1, -0.05) is 64.4 Å². The second kappa shape index (κ2) is 15.7. The Bertz CT molecular complexity index is 986. The number of rotatable bonds is 9. The maximum Gasteiger partial charge on any atom is 0.326 e. The van der Waals surface area contributed by atoms with Crippen molar-refractivity contribution in [2.75, 3.05) is 6.54 Å². The Balaban J connectivity index is 2.21. The highest BCUT2D eigenvalue weighted by Crippen LogP contribution is 2.13. The molecule has 1 aliphatic heterocycles. The highest BCUT2D eigenvalue weighted by atomic mass is 16.4. The molecule has 1 aromatic carbocycles. The lowest BCUT2D eigenvalue weighted by Crippen LogP contribution is -2.59. The van der Waals surface area contributed by atoms with Crippen LogP contribution in [0, 0.1) is 11.8 Å². The van der Waals surface area contributed by atoms with Gasteiger partial charge in [0.1, 0.15) is 24.2 Å². The number of amides is 5. The fourth-order valence-corrected chi connectivity index (χ4v) is 4.37. The van der Waals surface area contributed by atoms with Crippen molar-refractivity contribution in [3.8, 4) is 0 Å². The molecule has 1 heterocycles. The van der Waals surface area contributed by atoms with Crippen molar-refractivity contribution in [1.82, 2.24) is 26.6 Å². The third-order valence-electron chi connectivity index (χ3n) is 7.05. The minimum absolute atomic E-state index is 0.247. The maximum absolute atomic E-state index is 13.4. The molecule has 6 N–H and O–H groups in total. The molecule has 1 saturated heterocycles. The van der Waals surface area contributed by atoms with Gasteiger partial charge in [0, 0.05) is 6.54 Å². The standard InChI is InChI=1S/C28H43N5O6/c1-5-18(4)23-26(36)30-21(15-14-19-11-7-6-8-12-19)24(34)29-16-10-9-13-20(25(35)32-23)31-28(39)33-22(17(2)3)27(37)38/h6-8,11-12,17-18,20-23H,5,9-10,13-16H2,1-4H3,(H,29,34)(H,30,36)(H,32,35)(H,37,38)(H2,31,33,39). The molecular weight excluding hydrogens is 502 g/mol. The second-order valence-electron chi connectivity index (χ2n) is 10.5. The quantitative estimate of drug-likeness (QED) is 0.276. The van der Waals surface area contributed by atoms with Gasteiger partial charge in [0.15, 0.2) is 0 Å². The lowest BCUT2D eigenvalue weighted by molar-refractivity contribution is -0.140. The molecule has 11 nitrogen and oxygen atoms in total. The number of carboxylic acids is 1. The molecule has 1 aliphatic rings. The maximum atomic E-state index is 13.4. The van der Waals surface area contributed by atoms with Gasteiger partial charge in [0.25, 0.3) is 0 Å². The number of hydrogen-bond donors (Lipinski definition) is 6. The fraction of sp³-hybridized carbons (Fsp3) is 0.607. The second-order valence-corrected chi connectivity index (χ2v) is 10.5. The van der Waals surface area contributed by atoms with Crippen LogP contribution in [-0.2, 0) is 25.6 Å². The van der Waals surface area contributed by atoms with E-state index < -0.39 is 48.0 Å². The first-order valence-corrected chi connectivity index (χ1v) is 13.8. The van der Waals surface area contributed by atoms with E-state index in [9.17, 15) is 29.1 Å². The van der Waals surface area contributed by atoms with E-state index >= 15 is 0 Å². The summed E-state index contributed by atoms with van der Waals surface area (Å²) < 4.78 is 0. The number of benzene rings is 1. The van der Waals surface area contributed by atoms with Gasteiger partial charge in [-0.25, -0.2) is 9.59 Å². The summed E-state index contributed by atoms with van der Waals surface area (Å²) in [6, 6.07) is 5.09. The van der Waals surface area contributed by atoms with E-state index in [1.165, 1.54) is 0 Å². The van der Waals surface area contributed by atoms with Crippen LogP contribution in [0.2, 0.25) is 0 Å². The van der Waals surface area contributed by atoms with Gasteiger partial charge < -0.3 is 31.7 Å². The molecule has 1 fully saturated rings. The average Bonchev–Trinajstić information content (AvgIpc) is 2.91. The van der Waals surface area contributed by atoms with E-state index in [1.54, 1.807) is 13.8 Å². The number of carbonyl (C=O) groups is 5. The third kappa shape index (κ3) is 10.2. The summed E-state index contributed by atoms with van der Waals surface area (Å²) >= 11 is 0. The molecule has 216 valence electrons. The van der Waals surface area contributed by atoms with Crippen LogP contribution in [0.15, 0.2) is 30.3 Å².